The predicted molar refractivity (Wildman–Crippen MR) is 183 cm³/mol. The summed E-state index contributed by atoms with van der Waals surface area (Å²) in [5.74, 6) is 2.48. The van der Waals surface area contributed by atoms with Gasteiger partial charge in [0, 0.05) is 58.5 Å². The molecule has 0 radical (unpaired) electrons. The summed E-state index contributed by atoms with van der Waals surface area (Å²) in [5.41, 5.74) is 0.915. The van der Waals surface area contributed by atoms with Gasteiger partial charge in [-0.25, -0.2) is 0 Å². The highest BCUT2D eigenvalue weighted by molar-refractivity contribution is 5.75. The smallest absolute Gasteiger partial charge is 0.253 e. The number of piperidine rings is 1. The first-order valence-corrected chi connectivity index (χ1v) is 17.3. The summed E-state index contributed by atoms with van der Waals surface area (Å²) in [6, 6.07) is 5.35. The van der Waals surface area contributed by atoms with Crippen molar-refractivity contribution in [2.45, 2.75) is 96.4 Å². The first-order valence-electron chi connectivity index (χ1n) is 17.3. The van der Waals surface area contributed by atoms with Gasteiger partial charge in [0.2, 0.25) is 0 Å². The quantitative estimate of drug-likeness (QED) is 0.149. The van der Waals surface area contributed by atoms with E-state index in [0.717, 1.165) is 50.6 Å². The molecule has 0 aromatic heterocycles. The maximum absolute atomic E-state index is 13.1. The Labute approximate surface area is 274 Å². The molecule has 2 fully saturated rings. The molecule has 258 valence electrons. The summed E-state index contributed by atoms with van der Waals surface area (Å²) >= 11 is 0. The summed E-state index contributed by atoms with van der Waals surface area (Å²) < 4.78 is 22.3. The van der Waals surface area contributed by atoms with Crippen LogP contribution in [0.4, 0.5) is 11.4 Å². The maximum Gasteiger partial charge on any atom is 0.253 e. The molecule has 1 saturated heterocycles. The van der Waals surface area contributed by atoms with Crippen molar-refractivity contribution in [3.8, 4) is 11.5 Å². The number of ether oxygens (including phenoxy) is 4. The second kappa shape index (κ2) is 18.0. The summed E-state index contributed by atoms with van der Waals surface area (Å²) in [6.07, 6.45) is 8.72. The number of hydrogen-bond donors (Lipinski definition) is 3. The molecular weight excluding hydrogens is 586 g/mol. The van der Waals surface area contributed by atoms with Crippen molar-refractivity contribution < 1.29 is 24.1 Å². The van der Waals surface area contributed by atoms with E-state index in [1.165, 1.54) is 19.3 Å². The van der Waals surface area contributed by atoms with Gasteiger partial charge in [-0.15, -0.1) is 0 Å². The zero-order chi connectivity index (χ0) is 33.1. The Balaban J connectivity index is 1.45. The maximum atomic E-state index is 13.1. The van der Waals surface area contributed by atoms with Gasteiger partial charge in [-0.2, -0.15) is 0 Å². The van der Waals surface area contributed by atoms with E-state index in [1.807, 2.05) is 18.2 Å². The highest BCUT2D eigenvalue weighted by Crippen LogP contribution is 2.33. The Hall–Kier alpha value is -2.66. The lowest BCUT2D eigenvalue weighted by Crippen LogP contribution is -2.51. The number of hydrogen-bond acceptors (Lipinski definition) is 10. The van der Waals surface area contributed by atoms with Crippen molar-refractivity contribution in [1.82, 2.24) is 5.32 Å². The van der Waals surface area contributed by atoms with Crippen molar-refractivity contribution in [1.29, 1.82) is 0 Å². The number of aliphatic hydroxyl groups excluding tert-OH is 1. The lowest BCUT2D eigenvalue weighted by atomic mass is 9.83. The van der Waals surface area contributed by atoms with Gasteiger partial charge in [-0.3, -0.25) is 9.59 Å². The molecule has 0 spiro atoms. The molecule has 3 N–H and O–H groups in total. The van der Waals surface area contributed by atoms with E-state index in [0.29, 0.717) is 67.6 Å². The van der Waals surface area contributed by atoms with E-state index >= 15 is 0 Å². The molecule has 10 heteroatoms. The molecule has 46 heavy (non-hydrogen) atoms. The Morgan fingerprint density at radius 1 is 0.935 bits per heavy atom. The van der Waals surface area contributed by atoms with Crippen LogP contribution in [-0.2, 0) is 16.0 Å². The third kappa shape index (κ3) is 9.69. The highest BCUT2D eigenvalue weighted by Gasteiger charge is 2.36. The molecule has 0 bridgehead atoms. The average molecular weight is 644 g/mol. The van der Waals surface area contributed by atoms with Crippen LogP contribution in [0.3, 0.4) is 0 Å². The molecule has 1 aliphatic heterocycles. The molecule has 10 nitrogen and oxygen atoms in total. The minimum absolute atomic E-state index is 0.0686. The average Bonchev–Trinajstić information content (AvgIpc) is 3.07. The first-order chi connectivity index (χ1) is 22.2. The van der Waals surface area contributed by atoms with Gasteiger partial charge in [0.15, 0.2) is 0 Å². The standard InChI is InChI=1S/C36H57N3O7/c1-24(2)36(46-16-10-15-43-3)27-13-9-14-39(23-27)33-32(34(41)35(33)42)38-30(19-25-11-7-6-8-12-25)31(40)22-37-21-26-17-28(44-4)20-29(18-26)45-5/h17-18,20,24-25,27,30-31,36-38,40H,6-16,19,21-23H2,1-5H3. The topological polar surface area (TPSA) is 119 Å². The molecule has 4 rings (SSSR count). The third-order valence-electron chi connectivity index (χ3n) is 9.78. The monoisotopic (exact) mass is 643 g/mol. The zero-order valence-corrected chi connectivity index (χ0v) is 28.6. The van der Waals surface area contributed by atoms with Crippen LogP contribution in [0.5, 0.6) is 11.5 Å². The van der Waals surface area contributed by atoms with Gasteiger partial charge < -0.3 is 39.6 Å². The molecule has 2 aromatic carbocycles. The summed E-state index contributed by atoms with van der Waals surface area (Å²) in [5, 5.41) is 18.3. The van der Waals surface area contributed by atoms with Crippen LogP contribution in [0.2, 0.25) is 0 Å². The number of anilines is 2. The number of methoxy groups -OCH3 is 3. The molecule has 0 amide bonds. The normalized spacial score (nSPS) is 19.7. The van der Waals surface area contributed by atoms with Gasteiger partial charge in [0.1, 0.15) is 22.9 Å². The van der Waals surface area contributed by atoms with Crippen LogP contribution < -0.4 is 35.9 Å². The number of aliphatic hydroxyl groups is 1. The van der Waals surface area contributed by atoms with E-state index in [4.69, 9.17) is 18.9 Å². The third-order valence-corrected chi connectivity index (χ3v) is 9.78. The minimum Gasteiger partial charge on any atom is -0.497 e. The second-order valence-corrected chi connectivity index (χ2v) is 13.6. The number of nitrogens with one attached hydrogen (secondary N) is 2. The van der Waals surface area contributed by atoms with E-state index in [9.17, 15) is 14.7 Å². The van der Waals surface area contributed by atoms with E-state index in [2.05, 4.69) is 29.4 Å². The Morgan fingerprint density at radius 3 is 2.30 bits per heavy atom. The van der Waals surface area contributed by atoms with Crippen molar-refractivity contribution in [2.75, 3.05) is 64.4 Å². The molecule has 4 atom stereocenters. The molecule has 1 heterocycles. The SMILES string of the molecule is COCCCOC(C(C)C)C1CCCN(c2c(NC(CC3CCCCC3)C(O)CNCc3cc(OC)cc(OC)c3)c(=O)c2=O)C1. The van der Waals surface area contributed by atoms with Crippen LogP contribution in [0, 0.1) is 17.8 Å². The Morgan fingerprint density at radius 2 is 1.65 bits per heavy atom. The number of benzene rings is 1. The lowest BCUT2D eigenvalue weighted by Gasteiger charge is -2.40. The Kier molecular flexibility index (Phi) is 14.2. The van der Waals surface area contributed by atoms with E-state index < -0.39 is 17.0 Å². The summed E-state index contributed by atoms with van der Waals surface area (Å²) in [4.78, 5) is 28.2. The van der Waals surface area contributed by atoms with E-state index in [1.54, 1.807) is 21.3 Å². The predicted octanol–water partition coefficient (Wildman–Crippen LogP) is 4.50. The van der Waals surface area contributed by atoms with Crippen LogP contribution in [0.25, 0.3) is 0 Å². The van der Waals surface area contributed by atoms with Crippen LogP contribution in [-0.4, -0.2) is 77.5 Å². The van der Waals surface area contributed by atoms with Gasteiger partial charge in [-0.1, -0.05) is 46.0 Å². The number of nitrogens with zero attached hydrogens (tertiary/aromatic N) is 1. The summed E-state index contributed by atoms with van der Waals surface area (Å²) in [7, 11) is 4.94. The fourth-order valence-electron chi connectivity index (χ4n) is 7.35. The zero-order valence-electron chi connectivity index (χ0n) is 28.6. The largest absolute Gasteiger partial charge is 0.497 e. The summed E-state index contributed by atoms with van der Waals surface area (Å²) in [6.45, 7) is 7.92. The molecule has 1 saturated carbocycles. The van der Waals surface area contributed by atoms with Crippen molar-refractivity contribution in [3.63, 3.8) is 0 Å². The van der Waals surface area contributed by atoms with Crippen LogP contribution in [0.15, 0.2) is 27.8 Å². The van der Waals surface area contributed by atoms with Gasteiger partial charge >= 0.3 is 0 Å². The minimum atomic E-state index is -0.758. The molecule has 2 aliphatic rings. The fourth-order valence-corrected chi connectivity index (χ4v) is 7.35. The van der Waals surface area contributed by atoms with Gasteiger partial charge in [0.25, 0.3) is 10.9 Å². The van der Waals surface area contributed by atoms with E-state index in [-0.39, 0.29) is 18.1 Å². The van der Waals surface area contributed by atoms with Crippen LogP contribution in [0.1, 0.15) is 77.2 Å². The van der Waals surface area contributed by atoms with Gasteiger partial charge in [-0.05, 0) is 55.2 Å². The Bertz CT molecular complexity index is 1250. The fraction of sp³-hybridized carbons (Fsp3) is 0.722. The van der Waals surface area contributed by atoms with Crippen molar-refractivity contribution in [2.24, 2.45) is 17.8 Å². The molecular formula is C36H57N3O7. The second-order valence-electron chi connectivity index (χ2n) is 13.6. The lowest BCUT2D eigenvalue weighted by molar-refractivity contribution is -0.0275. The number of rotatable bonds is 19. The molecule has 4 unspecified atom stereocenters. The van der Waals surface area contributed by atoms with Crippen molar-refractivity contribution in [3.05, 3.63) is 44.2 Å². The highest BCUT2D eigenvalue weighted by atomic mass is 16.5. The molecule has 2 aromatic rings. The van der Waals surface area contributed by atoms with Gasteiger partial charge in [0.05, 0.1) is 32.5 Å². The van der Waals surface area contributed by atoms with Crippen LogP contribution >= 0.6 is 0 Å². The molecule has 1 aliphatic carbocycles. The van der Waals surface area contributed by atoms with Crippen molar-refractivity contribution >= 4 is 11.4 Å². The first kappa shape index (κ1) is 36.2.